The zero-order valence-electron chi connectivity index (χ0n) is 33.6. The van der Waals surface area contributed by atoms with Crippen LogP contribution < -0.4 is 0 Å². The second kappa shape index (κ2) is 41.3. The summed E-state index contributed by atoms with van der Waals surface area (Å²) < 4.78 is 5.45. The number of aliphatic hydroxyl groups excluding tert-OH is 1. The monoisotopic (exact) mass is 694 g/mol. The molecule has 0 aromatic carbocycles. The molecule has 0 aliphatic rings. The SMILES string of the molecule is CCCCCCCCCCCOC(=O)CCCCCN(CCO)CCCCCCC/C=N/N(CCCCCCCC)CCCCCCCC. The number of esters is 1. The van der Waals surface area contributed by atoms with E-state index in [1.54, 1.807) is 0 Å². The molecule has 0 aromatic rings. The molecule has 0 spiro atoms. The third-order valence-electron chi connectivity index (χ3n) is 9.87. The summed E-state index contributed by atoms with van der Waals surface area (Å²) in [5.41, 5.74) is 0. The number of hydrogen-bond donors (Lipinski definition) is 1. The highest BCUT2D eigenvalue weighted by molar-refractivity contribution is 5.69. The van der Waals surface area contributed by atoms with Crippen LogP contribution in [0.2, 0.25) is 0 Å². The second-order valence-corrected chi connectivity index (χ2v) is 14.8. The first-order valence-corrected chi connectivity index (χ1v) is 21.9. The Morgan fingerprint density at radius 2 is 0.918 bits per heavy atom. The van der Waals surface area contributed by atoms with Crippen molar-refractivity contribution in [3.8, 4) is 0 Å². The standard InChI is InChI=1S/C43H87N3O3/c1-4-7-10-13-16-17-20-25-33-42-49-43(48)34-27-26-30-37-45(40-41-47)36-29-22-19-18-21-28-35-44-46(38-31-23-14-11-8-5-2)39-32-24-15-12-9-6-3/h35,47H,4-34,36-42H2,1-3H3/b44-35+. The average Bonchev–Trinajstić information content (AvgIpc) is 3.10. The normalized spacial score (nSPS) is 11.7. The number of aliphatic hydroxyl groups is 1. The zero-order chi connectivity index (χ0) is 35.7. The third-order valence-corrected chi connectivity index (χ3v) is 9.87. The van der Waals surface area contributed by atoms with Crippen LogP contribution in [-0.2, 0) is 9.53 Å². The van der Waals surface area contributed by atoms with E-state index in [1.165, 1.54) is 161 Å². The lowest BCUT2D eigenvalue weighted by Crippen LogP contribution is -2.29. The minimum atomic E-state index is -0.0308. The van der Waals surface area contributed by atoms with Crippen molar-refractivity contribution in [1.82, 2.24) is 9.91 Å². The van der Waals surface area contributed by atoms with Gasteiger partial charge in [-0.2, -0.15) is 5.10 Å². The van der Waals surface area contributed by atoms with Crippen molar-refractivity contribution in [2.45, 2.75) is 220 Å². The molecule has 0 rings (SSSR count). The minimum Gasteiger partial charge on any atom is -0.466 e. The molecule has 0 bridgehead atoms. The Kier molecular flexibility index (Phi) is 40.3. The molecule has 0 saturated heterocycles. The molecule has 0 amide bonds. The van der Waals surface area contributed by atoms with E-state index in [1.807, 2.05) is 0 Å². The Morgan fingerprint density at radius 3 is 1.41 bits per heavy atom. The second-order valence-electron chi connectivity index (χ2n) is 14.8. The van der Waals surface area contributed by atoms with E-state index < -0.39 is 0 Å². The molecule has 0 heterocycles. The lowest BCUT2D eigenvalue weighted by Gasteiger charge is -2.21. The summed E-state index contributed by atoms with van der Waals surface area (Å²) in [5.74, 6) is -0.0308. The van der Waals surface area contributed by atoms with Crippen molar-refractivity contribution < 1.29 is 14.6 Å². The summed E-state index contributed by atoms with van der Waals surface area (Å²) >= 11 is 0. The fourth-order valence-corrected chi connectivity index (χ4v) is 6.58. The summed E-state index contributed by atoms with van der Waals surface area (Å²) in [6.45, 7) is 12.7. The minimum absolute atomic E-state index is 0.0308. The van der Waals surface area contributed by atoms with Gasteiger partial charge in [-0.25, -0.2) is 0 Å². The van der Waals surface area contributed by atoms with Crippen LogP contribution in [0.5, 0.6) is 0 Å². The van der Waals surface area contributed by atoms with Crippen molar-refractivity contribution in [1.29, 1.82) is 0 Å². The molecular formula is C43H87N3O3. The van der Waals surface area contributed by atoms with Crippen molar-refractivity contribution in [2.75, 3.05) is 45.9 Å². The van der Waals surface area contributed by atoms with Gasteiger partial charge in [0.05, 0.1) is 13.2 Å². The Balaban J connectivity index is 3.92. The lowest BCUT2D eigenvalue weighted by atomic mass is 10.1. The molecule has 0 unspecified atom stereocenters. The van der Waals surface area contributed by atoms with Crippen LogP contribution in [0.4, 0.5) is 0 Å². The van der Waals surface area contributed by atoms with Gasteiger partial charge < -0.3 is 14.7 Å². The van der Waals surface area contributed by atoms with Gasteiger partial charge in [-0.3, -0.25) is 9.80 Å². The van der Waals surface area contributed by atoms with Crippen LogP contribution in [0.3, 0.4) is 0 Å². The number of nitrogens with zero attached hydrogens (tertiary/aromatic N) is 3. The first kappa shape index (κ1) is 47.9. The highest BCUT2D eigenvalue weighted by Gasteiger charge is 2.07. The molecule has 292 valence electrons. The Hall–Kier alpha value is -1.14. The summed E-state index contributed by atoms with van der Waals surface area (Å²) in [7, 11) is 0. The number of ether oxygens (including phenoxy) is 1. The van der Waals surface area contributed by atoms with Crippen LogP contribution in [0.1, 0.15) is 220 Å². The van der Waals surface area contributed by atoms with Gasteiger partial charge in [0.15, 0.2) is 0 Å². The molecule has 6 nitrogen and oxygen atoms in total. The largest absolute Gasteiger partial charge is 0.466 e. The van der Waals surface area contributed by atoms with E-state index >= 15 is 0 Å². The van der Waals surface area contributed by atoms with E-state index in [0.717, 1.165) is 64.8 Å². The number of hydrazone groups is 1. The summed E-state index contributed by atoms with van der Waals surface area (Å²) in [4.78, 5) is 14.5. The molecule has 0 fully saturated rings. The molecule has 0 aromatic heterocycles. The molecule has 0 atom stereocenters. The molecular weight excluding hydrogens is 606 g/mol. The van der Waals surface area contributed by atoms with Gasteiger partial charge in [0.2, 0.25) is 0 Å². The van der Waals surface area contributed by atoms with Crippen LogP contribution in [0.15, 0.2) is 5.10 Å². The number of unbranched alkanes of at least 4 members (excludes halogenated alkanes) is 25. The van der Waals surface area contributed by atoms with E-state index in [9.17, 15) is 9.90 Å². The number of carbonyl (C=O) groups excluding carboxylic acids is 1. The highest BCUT2D eigenvalue weighted by Crippen LogP contribution is 2.12. The Morgan fingerprint density at radius 1 is 0.510 bits per heavy atom. The fraction of sp³-hybridized carbons (Fsp3) is 0.953. The quantitative estimate of drug-likeness (QED) is 0.0299. The molecule has 0 aliphatic heterocycles. The van der Waals surface area contributed by atoms with Crippen molar-refractivity contribution in [3.63, 3.8) is 0 Å². The van der Waals surface area contributed by atoms with Crippen LogP contribution in [0.25, 0.3) is 0 Å². The zero-order valence-corrected chi connectivity index (χ0v) is 33.6. The number of rotatable bonds is 41. The van der Waals surface area contributed by atoms with Crippen molar-refractivity contribution >= 4 is 12.2 Å². The fourth-order valence-electron chi connectivity index (χ4n) is 6.58. The number of carbonyl (C=O) groups is 1. The van der Waals surface area contributed by atoms with Gasteiger partial charge >= 0.3 is 5.97 Å². The maximum absolute atomic E-state index is 12.1. The molecule has 49 heavy (non-hydrogen) atoms. The van der Waals surface area contributed by atoms with E-state index in [0.29, 0.717) is 13.0 Å². The van der Waals surface area contributed by atoms with Gasteiger partial charge in [-0.05, 0) is 64.5 Å². The first-order chi connectivity index (χ1) is 24.2. The average molecular weight is 694 g/mol. The Labute approximate surface area is 307 Å². The molecule has 0 saturated carbocycles. The van der Waals surface area contributed by atoms with Gasteiger partial charge in [0, 0.05) is 32.3 Å². The maximum Gasteiger partial charge on any atom is 0.305 e. The van der Waals surface area contributed by atoms with Gasteiger partial charge in [0.1, 0.15) is 0 Å². The Bertz CT molecular complexity index is 659. The van der Waals surface area contributed by atoms with E-state index in [2.05, 4.69) is 36.9 Å². The van der Waals surface area contributed by atoms with Gasteiger partial charge in [-0.15, -0.1) is 0 Å². The predicted octanol–water partition coefficient (Wildman–Crippen LogP) is 12.3. The van der Waals surface area contributed by atoms with Crippen LogP contribution in [-0.4, -0.2) is 73.1 Å². The molecule has 0 aliphatic carbocycles. The molecule has 0 radical (unpaired) electrons. The maximum atomic E-state index is 12.1. The molecule has 6 heteroatoms. The lowest BCUT2D eigenvalue weighted by molar-refractivity contribution is -0.143. The third kappa shape index (κ3) is 37.9. The van der Waals surface area contributed by atoms with Gasteiger partial charge in [0.25, 0.3) is 0 Å². The predicted molar refractivity (Wildman–Crippen MR) is 215 cm³/mol. The van der Waals surface area contributed by atoms with Gasteiger partial charge in [-0.1, -0.05) is 162 Å². The topological polar surface area (TPSA) is 65.4 Å². The molecule has 1 N–H and O–H groups in total. The number of hydrogen-bond acceptors (Lipinski definition) is 6. The summed E-state index contributed by atoms with van der Waals surface area (Å²) in [6, 6.07) is 0. The highest BCUT2D eigenvalue weighted by atomic mass is 16.5. The van der Waals surface area contributed by atoms with E-state index in [-0.39, 0.29) is 12.6 Å². The summed E-state index contributed by atoms with van der Waals surface area (Å²) in [5, 5.41) is 16.8. The van der Waals surface area contributed by atoms with Crippen LogP contribution in [0, 0.1) is 0 Å². The van der Waals surface area contributed by atoms with E-state index in [4.69, 9.17) is 9.84 Å². The summed E-state index contributed by atoms with van der Waals surface area (Å²) in [6.07, 6.45) is 40.8. The van der Waals surface area contributed by atoms with Crippen molar-refractivity contribution in [3.05, 3.63) is 0 Å². The van der Waals surface area contributed by atoms with Crippen molar-refractivity contribution in [2.24, 2.45) is 5.10 Å². The smallest absolute Gasteiger partial charge is 0.305 e. The van der Waals surface area contributed by atoms with Crippen LogP contribution >= 0.6 is 0 Å². The first-order valence-electron chi connectivity index (χ1n) is 21.9.